The van der Waals surface area contributed by atoms with E-state index in [1.54, 1.807) is 10.9 Å². The van der Waals surface area contributed by atoms with Gasteiger partial charge in [0.05, 0.1) is 29.2 Å². The predicted molar refractivity (Wildman–Crippen MR) is 102 cm³/mol. The summed E-state index contributed by atoms with van der Waals surface area (Å²) in [6, 6.07) is 15.3. The van der Waals surface area contributed by atoms with Crippen LogP contribution in [0.3, 0.4) is 0 Å². The summed E-state index contributed by atoms with van der Waals surface area (Å²) < 4.78 is 7.42. The van der Waals surface area contributed by atoms with E-state index in [0.717, 1.165) is 28.1 Å². The fourth-order valence-electron chi connectivity index (χ4n) is 2.58. The van der Waals surface area contributed by atoms with Gasteiger partial charge in [-0.25, -0.2) is 10.4 Å². The van der Waals surface area contributed by atoms with E-state index in [4.69, 9.17) is 4.74 Å². The van der Waals surface area contributed by atoms with Crippen LogP contribution in [0.4, 0.5) is 0 Å². The first-order chi connectivity index (χ1) is 12.5. The highest BCUT2D eigenvalue weighted by molar-refractivity contribution is 5.99. The Labute approximate surface area is 152 Å². The third-order valence-electron chi connectivity index (χ3n) is 3.83. The zero-order valence-electron chi connectivity index (χ0n) is 15.1. The van der Waals surface area contributed by atoms with Gasteiger partial charge in [0.2, 0.25) is 0 Å². The molecule has 0 atom stereocenters. The van der Waals surface area contributed by atoms with Crippen molar-refractivity contribution in [2.24, 2.45) is 5.10 Å². The standard InChI is InChI=1S/C20H22N4O2/c1-14(2)26-17-10-8-16(9-11-17)15(3)22-23-20(25)12-24-13-21-18-6-4-5-7-19(18)24/h4-11,13-14H,12H2,1-3H3,(H,23,25)/b22-15-. The molecule has 1 N–H and O–H groups in total. The molecule has 0 unspecified atom stereocenters. The van der Waals surface area contributed by atoms with Crippen LogP contribution in [0.5, 0.6) is 5.75 Å². The number of benzene rings is 2. The largest absolute Gasteiger partial charge is 0.491 e. The second kappa shape index (κ2) is 7.82. The maximum Gasteiger partial charge on any atom is 0.260 e. The topological polar surface area (TPSA) is 68.5 Å². The number of fused-ring (bicyclic) bond motifs is 1. The molecule has 0 bridgehead atoms. The highest BCUT2D eigenvalue weighted by Gasteiger charge is 2.07. The number of rotatable bonds is 6. The number of carbonyl (C=O) groups excluding carboxylic acids is 1. The van der Waals surface area contributed by atoms with Gasteiger partial charge in [0.25, 0.3) is 5.91 Å². The summed E-state index contributed by atoms with van der Waals surface area (Å²) in [7, 11) is 0. The SMILES string of the molecule is C/C(=N/NC(=O)Cn1cnc2ccccc21)c1ccc(OC(C)C)cc1. The summed E-state index contributed by atoms with van der Waals surface area (Å²) in [6.45, 7) is 5.99. The van der Waals surface area contributed by atoms with Gasteiger partial charge in [0.1, 0.15) is 12.3 Å². The van der Waals surface area contributed by atoms with E-state index in [1.165, 1.54) is 0 Å². The average Bonchev–Trinajstić information content (AvgIpc) is 3.03. The zero-order valence-corrected chi connectivity index (χ0v) is 15.1. The molecule has 3 aromatic rings. The fourth-order valence-corrected chi connectivity index (χ4v) is 2.58. The third-order valence-corrected chi connectivity index (χ3v) is 3.83. The maximum absolute atomic E-state index is 12.2. The van der Waals surface area contributed by atoms with Crippen LogP contribution in [0.25, 0.3) is 11.0 Å². The molecule has 2 aromatic carbocycles. The Kier molecular flexibility index (Phi) is 5.31. The molecule has 0 fully saturated rings. The molecule has 0 aliphatic rings. The Bertz CT molecular complexity index is 926. The fraction of sp³-hybridized carbons (Fsp3) is 0.250. The van der Waals surface area contributed by atoms with Gasteiger partial charge in [0.15, 0.2) is 0 Å². The molecule has 0 saturated heterocycles. The first-order valence-corrected chi connectivity index (χ1v) is 8.53. The molecule has 0 saturated carbocycles. The van der Waals surface area contributed by atoms with Crippen molar-refractivity contribution < 1.29 is 9.53 Å². The van der Waals surface area contributed by atoms with Gasteiger partial charge in [0, 0.05) is 0 Å². The number of hydrogen-bond acceptors (Lipinski definition) is 4. The van der Waals surface area contributed by atoms with Crippen LogP contribution >= 0.6 is 0 Å². The van der Waals surface area contributed by atoms with Crippen LogP contribution in [-0.2, 0) is 11.3 Å². The number of nitrogens with zero attached hydrogens (tertiary/aromatic N) is 3. The molecule has 3 rings (SSSR count). The monoisotopic (exact) mass is 350 g/mol. The van der Waals surface area contributed by atoms with Crippen molar-refractivity contribution in [3.05, 3.63) is 60.4 Å². The number of aromatic nitrogens is 2. The van der Waals surface area contributed by atoms with Crippen LogP contribution in [0.2, 0.25) is 0 Å². The lowest BCUT2D eigenvalue weighted by Crippen LogP contribution is -2.24. The quantitative estimate of drug-likeness (QED) is 0.547. The smallest absolute Gasteiger partial charge is 0.260 e. The van der Waals surface area contributed by atoms with Gasteiger partial charge >= 0.3 is 0 Å². The molecular formula is C20H22N4O2. The van der Waals surface area contributed by atoms with Gasteiger partial charge in [-0.15, -0.1) is 0 Å². The Morgan fingerprint density at radius 3 is 2.65 bits per heavy atom. The molecule has 6 nitrogen and oxygen atoms in total. The molecule has 1 amide bonds. The van der Waals surface area contributed by atoms with Gasteiger partial charge in [-0.1, -0.05) is 12.1 Å². The van der Waals surface area contributed by atoms with E-state index in [9.17, 15) is 4.79 Å². The van der Waals surface area contributed by atoms with Gasteiger partial charge in [-0.3, -0.25) is 4.79 Å². The Morgan fingerprint density at radius 1 is 1.19 bits per heavy atom. The van der Waals surface area contributed by atoms with E-state index in [1.807, 2.05) is 69.3 Å². The average molecular weight is 350 g/mol. The number of hydrazone groups is 1. The number of hydrogen-bond donors (Lipinski definition) is 1. The van der Waals surface area contributed by atoms with E-state index >= 15 is 0 Å². The first-order valence-electron chi connectivity index (χ1n) is 8.53. The second-order valence-electron chi connectivity index (χ2n) is 6.28. The maximum atomic E-state index is 12.2. The highest BCUT2D eigenvalue weighted by atomic mass is 16.5. The van der Waals surface area contributed by atoms with Crippen molar-refractivity contribution in [2.75, 3.05) is 0 Å². The molecule has 134 valence electrons. The first kappa shape index (κ1) is 17.7. The van der Waals surface area contributed by atoms with Crippen LogP contribution in [-0.4, -0.2) is 27.3 Å². The molecule has 0 radical (unpaired) electrons. The Balaban J connectivity index is 1.62. The Morgan fingerprint density at radius 2 is 1.92 bits per heavy atom. The molecule has 26 heavy (non-hydrogen) atoms. The third kappa shape index (κ3) is 4.27. The number of nitrogens with one attached hydrogen (secondary N) is 1. The lowest BCUT2D eigenvalue weighted by Gasteiger charge is -2.10. The summed E-state index contributed by atoms with van der Waals surface area (Å²) in [5, 5.41) is 4.19. The predicted octanol–water partition coefficient (Wildman–Crippen LogP) is 3.36. The molecule has 1 heterocycles. The van der Waals surface area contributed by atoms with Crippen molar-refractivity contribution >= 4 is 22.7 Å². The normalized spacial score (nSPS) is 11.8. The molecule has 0 aliphatic heterocycles. The van der Waals surface area contributed by atoms with Gasteiger partial charge < -0.3 is 9.30 Å². The molecular weight excluding hydrogens is 328 g/mol. The van der Waals surface area contributed by atoms with Crippen LogP contribution in [0, 0.1) is 0 Å². The Hall–Kier alpha value is -3.15. The minimum Gasteiger partial charge on any atom is -0.491 e. The molecule has 0 spiro atoms. The van der Waals surface area contributed by atoms with E-state index < -0.39 is 0 Å². The number of imidazole rings is 1. The van der Waals surface area contributed by atoms with Crippen LogP contribution < -0.4 is 10.2 Å². The minimum absolute atomic E-state index is 0.133. The second-order valence-corrected chi connectivity index (χ2v) is 6.28. The van der Waals surface area contributed by atoms with Crippen LogP contribution in [0.1, 0.15) is 26.3 Å². The minimum atomic E-state index is -0.202. The lowest BCUT2D eigenvalue weighted by atomic mass is 10.1. The molecule has 6 heteroatoms. The number of amides is 1. The molecule has 0 aliphatic carbocycles. The summed E-state index contributed by atoms with van der Waals surface area (Å²) in [5.41, 5.74) is 6.04. The van der Waals surface area contributed by atoms with E-state index in [0.29, 0.717) is 0 Å². The van der Waals surface area contributed by atoms with Crippen molar-refractivity contribution in [2.45, 2.75) is 33.4 Å². The summed E-state index contributed by atoms with van der Waals surface area (Å²) in [6.07, 6.45) is 1.79. The number of carbonyl (C=O) groups is 1. The number of ether oxygens (including phenoxy) is 1. The number of para-hydroxylation sites is 2. The lowest BCUT2D eigenvalue weighted by molar-refractivity contribution is -0.121. The van der Waals surface area contributed by atoms with Crippen LogP contribution in [0.15, 0.2) is 60.0 Å². The molecule has 1 aromatic heterocycles. The summed E-state index contributed by atoms with van der Waals surface area (Å²) in [5.74, 6) is 0.611. The van der Waals surface area contributed by atoms with Gasteiger partial charge in [-0.2, -0.15) is 5.10 Å². The zero-order chi connectivity index (χ0) is 18.5. The van der Waals surface area contributed by atoms with Crippen molar-refractivity contribution in [3.8, 4) is 5.75 Å². The summed E-state index contributed by atoms with van der Waals surface area (Å²) in [4.78, 5) is 16.5. The van der Waals surface area contributed by atoms with E-state index in [2.05, 4.69) is 15.5 Å². The van der Waals surface area contributed by atoms with E-state index in [-0.39, 0.29) is 18.6 Å². The van der Waals surface area contributed by atoms with Crippen molar-refractivity contribution in [1.82, 2.24) is 15.0 Å². The van der Waals surface area contributed by atoms with Gasteiger partial charge in [-0.05, 0) is 62.7 Å². The van der Waals surface area contributed by atoms with Crippen molar-refractivity contribution in [1.29, 1.82) is 0 Å². The summed E-state index contributed by atoms with van der Waals surface area (Å²) >= 11 is 0. The van der Waals surface area contributed by atoms with Crippen molar-refractivity contribution in [3.63, 3.8) is 0 Å². The highest BCUT2D eigenvalue weighted by Crippen LogP contribution is 2.14.